The summed E-state index contributed by atoms with van der Waals surface area (Å²) in [4.78, 5) is 0. The van der Waals surface area contributed by atoms with Gasteiger partial charge in [0.2, 0.25) is 4.75 Å². The van der Waals surface area contributed by atoms with Crippen molar-refractivity contribution in [1.82, 2.24) is 0 Å². The molecule has 0 aromatic carbocycles. The SMILES string of the molecule is CCCC1C(F)(F)C(F)(F)C(CC)(S(=O)(=O)O)C(F)(F)C1(F)F. The fourth-order valence-electron chi connectivity index (χ4n) is 3.00. The van der Waals surface area contributed by atoms with Crippen LogP contribution in [0.2, 0.25) is 0 Å². The van der Waals surface area contributed by atoms with Crippen molar-refractivity contribution in [2.45, 2.75) is 61.5 Å². The van der Waals surface area contributed by atoms with Gasteiger partial charge in [-0.25, -0.2) is 0 Å². The van der Waals surface area contributed by atoms with E-state index in [1.165, 1.54) is 0 Å². The fourth-order valence-corrected chi connectivity index (χ4v) is 4.29. The first-order valence-corrected chi connectivity index (χ1v) is 7.93. The Kier molecular flexibility index (Phi) is 4.59. The van der Waals surface area contributed by atoms with Gasteiger partial charge in [-0.15, -0.1) is 0 Å². The summed E-state index contributed by atoms with van der Waals surface area (Å²) in [6.07, 6.45) is -3.99. The molecule has 0 spiro atoms. The number of alkyl halides is 8. The molecule has 138 valence electrons. The molecule has 0 bridgehead atoms. The van der Waals surface area contributed by atoms with Gasteiger partial charge in [-0.1, -0.05) is 20.3 Å². The van der Waals surface area contributed by atoms with E-state index in [-0.39, 0.29) is 6.92 Å². The van der Waals surface area contributed by atoms with Gasteiger partial charge in [0.25, 0.3) is 10.1 Å². The summed E-state index contributed by atoms with van der Waals surface area (Å²) in [6, 6.07) is 0. The molecule has 0 aromatic heterocycles. The molecule has 1 rings (SSSR count). The lowest BCUT2D eigenvalue weighted by atomic mass is 9.67. The van der Waals surface area contributed by atoms with Gasteiger partial charge in [-0.2, -0.15) is 43.5 Å². The molecule has 0 aromatic rings. The molecule has 1 saturated carbocycles. The highest BCUT2D eigenvalue weighted by Crippen LogP contribution is 2.68. The predicted octanol–water partition coefficient (Wildman–Crippen LogP) is 3.99. The molecule has 1 N–H and O–H groups in total. The Balaban J connectivity index is 3.96. The Morgan fingerprint density at radius 3 is 1.43 bits per heavy atom. The maximum absolute atomic E-state index is 14.1. The van der Waals surface area contributed by atoms with Crippen molar-refractivity contribution in [3.63, 3.8) is 0 Å². The molecule has 1 aliphatic rings. The fraction of sp³-hybridized carbons (Fsp3) is 1.00. The Morgan fingerprint density at radius 1 is 0.870 bits per heavy atom. The molecule has 3 nitrogen and oxygen atoms in total. The van der Waals surface area contributed by atoms with Crippen molar-refractivity contribution in [2.75, 3.05) is 0 Å². The van der Waals surface area contributed by atoms with Gasteiger partial charge < -0.3 is 0 Å². The average molecular weight is 378 g/mol. The Labute approximate surface area is 126 Å². The second kappa shape index (κ2) is 5.17. The molecular formula is C11H14F8O3S. The summed E-state index contributed by atoms with van der Waals surface area (Å²) < 4.78 is 138. The number of rotatable bonds is 4. The summed E-state index contributed by atoms with van der Waals surface area (Å²) >= 11 is 0. The number of halogens is 8. The van der Waals surface area contributed by atoms with Gasteiger partial charge in [0.05, 0.1) is 5.92 Å². The molecule has 1 fully saturated rings. The van der Waals surface area contributed by atoms with Crippen LogP contribution < -0.4 is 0 Å². The van der Waals surface area contributed by atoms with Gasteiger partial charge in [0.1, 0.15) is 0 Å². The second-order valence-corrected chi connectivity index (χ2v) is 7.04. The Morgan fingerprint density at radius 2 is 1.22 bits per heavy atom. The van der Waals surface area contributed by atoms with Crippen LogP contribution in [0.5, 0.6) is 0 Å². The van der Waals surface area contributed by atoms with Crippen LogP contribution >= 0.6 is 0 Å². The molecule has 0 amide bonds. The van der Waals surface area contributed by atoms with Crippen molar-refractivity contribution in [1.29, 1.82) is 0 Å². The summed E-state index contributed by atoms with van der Waals surface area (Å²) in [6.45, 7) is 1.31. The largest absolute Gasteiger partial charge is 0.338 e. The van der Waals surface area contributed by atoms with Gasteiger partial charge in [0, 0.05) is 0 Å². The first-order chi connectivity index (χ1) is 10.0. The molecular weight excluding hydrogens is 364 g/mol. The number of hydrogen-bond acceptors (Lipinski definition) is 2. The maximum Gasteiger partial charge on any atom is 0.338 e. The third-order valence-corrected chi connectivity index (χ3v) is 5.92. The Bertz CT molecular complexity index is 544. The van der Waals surface area contributed by atoms with E-state index in [1.807, 2.05) is 0 Å². The van der Waals surface area contributed by atoms with Crippen LogP contribution in [-0.4, -0.2) is 41.4 Å². The van der Waals surface area contributed by atoms with E-state index >= 15 is 0 Å². The van der Waals surface area contributed by atoms with Crippen LogP contribution in [0.4, 0.5) is 35.1 Å². The maximum atomic E-state index is 14.1. The van der Waals surface area contributed by atoms with E-state index in [4.69, 9.17) is 4.55 Å². The molecule has 1 aliphatic carbocycles. The van der Waals surface area contributed by atoms with E-state index in [1.54, 1.807) is 0 Å². The minimum atomic E-state index is -6.69. The van der Waals surface area contributed by atoms with E-state index in [0.29, 0.717) is 0 Å². The van der Waals surface area contributed by atoms with Gasteiger partial charge >= 0.3 is 23.7 Å². The number of hydrogen-bond donors (Lipinski definition) is 1. The van der Waals surface area contributed by atoms with Crippen LogP contribution in [-0.2, 0) is 10.1 Å². The minimum Gasteiger partial charge on any atom is -0.285 e. The molecule has 12 heteroatoms. The normalized spacial score (nSPS) is 35.0. The van der Waals surface area contributed by atoms with Gasteiger partial charge in [0.15, 0.2) is 0 Å². The monoisotopic (exact) mass is 378 g/mol. The van der Waals surface area contributed by atoms with E-state index < -0.39 is 63.7 Å². The van der Waals surface area contributed by atoms with Crippen molar-refractivity contribution in [3.05, 3.63) is 0 Å². The highest BCUT2D eigenvalue weighted by atomic mass is 32.2. The third kappa shape index (κ3) is 2.06. The predicted molar refractivity (Wildman–Crippen MR) is 62.8 cm³/mol. The average Bonchev–Trinajstić information content (AvgIpc) is 2.32. The lowest BCUT2D eigenvalue weighted by Crippen LogP contribution is -2.82. The van der Waals surface area contributed by atoms with Crippen LogP contribution in [0.3, 0.4) is 0 Å². The van der Waals surface area contributed by atoms with E-state index in [9.17, 15) is 43.5 Å². The van der Waals surface area contributed by atoms with Crippen LogP contribution in [0.25, 0.3) is 0 Å². The topological polar surface area (TPSA) is 54.4 Å². The Hall–Kier alpha value is -0.650. The summed E-state index contributed by atoms with van der Waals surface area (Å²) in [5, 5.41) is 0. The smallest absolute Gasteiger partial charge is 0.285 e. The highest BCUT2D eigenvalue weighted by molar-refractivity contribution is 7.87. The van der Waals surface area contributed by atoms with Crippen molar-refractivity contribution >= 4 is 10.1 Å². The van der Waals surface area contributed by atoms with Crippen molar-refractivity contribution in [3.8, 4) is 0 Å². The van der Waals surface area contributed by atoms with Crippen LogP contribution in [0.1, 0.15) is 33.1 Å². The molecule has 0 atom stereocenters. The zero-order chi connectivity index (χ0) is 18.7. The molecule has 0 saturated heterocycles. The van der Waals surface area contributed by atoms with Crippen LogP contribution in [0, 0.1) is 5.92 Å². The van der Waals surface area contributed by atoms with Gasteiger partial charge in [-0.3, -0.25) is 4.55 Å². The highest BCUT2D eigenvalue weighted by Gasteiger charge is 2.95. The summed E-state index contributed by atoms with van der Waals surface area (Å²) in [7, 11) is -6.69. The standard InChI is InChI=1S/C11H14F8O3S/c1-3-5-6-8(12,13)10(16,17)7(4-2,23(20,21)22)11(18,19)9(6,14)15/h6H,3-5H2,1-2H3,(H,20,21,22). The first-order valence-electron chi connectivity index (χ1n) is 6.49. The minimum absolute atomic E-state index is 0.280. The van der Waals surface area contributed by atoms with Crippen molar-refractivity contribution in [2.24, 2.45) is 5.92 Å². The van der Waals surface area contributed by atoms with E-state index in [0.717, 1.165) is 6.92 Å². The molecule has 0 unspecified atom stereocenters. The van der Waals surface area contributed by atoms with Crippen LogP contribution in [0.15, 0.2) is 0 Å². The zero-order valence-electron chi connectivity index (χ0n) is 11.9. The molecule has 0 radical (unpaired) electrons. The third-order valence-electron chi connectivity index (χ3n) is 4.24. The van der Waals surface area contributed by atoms with E-state index in [2.05, 4.69) is 0 Å². The van der Waals surface area contributed by atoms with Gasteiger partial charge in [-0.05, 0) is 12.8 Å². The second-order valence-electron chi connectivity index (χ2n) is 5.39. The molecule has 0 aliphatic heterocycles. The quantitative estimate of drug-likeness (QED) is 0.595. The lowest BCUT2D eigenvalue weighted by molar-refractivity contribution is -0.396. The lowest BCUT2D eigenvalue weighted by Gasteiger charge is -2.54. The van der Waals surface area contributed by atoms with Crippen molar-refractivity contribution < 1.29 is 48.1 Å². The summed E-state index contributed by atoms with van der Waals surface area (Å²) in [5.74, 6) is -27.6. The molecule has 0 heterocycles. The molecule has 23 heavy (non-hydrogen) atoms. The summed E-state index contributed by atoms with van der Waals surface area (Å²) in [5.41, 5.74) is 0. The zero-order valence-corrected chi connectivity index (χ0v) is 12.7. The first kappa shape index (κ1) is 20.4.